The van der Waals surface area contributed by atoms with Crippen molar-refractivity contribution in [3.63, 3.8) is 0 Å². The van der Waals surface area contributed by atoms with Gasteiger partial charge in [-0.2, -0.15) is 0 Å². The number of aryl methyl sites for hydroxylation is 1. The van der Waals surface area contributed by atoms with Crippen LogP contribution in [0.25, 0.3) is 21.8 Å². The quantitative estimate of drug-likeness (QED) is 0.0720. The average Bonchev–Trinajstić information content (AvgIpc) is 4.04. The molecule has 0 unspecified atom stereocenters. The minimum atomic E-state index is -4.90. The number of amides is 4. The number of nitrogens with zero attached hydrogens (tertiary/aromatic N) is 2. The summed E-state index contributed by atoms with van der Waals surface area (Å²) in [5.74, 6) is -2.30. The first-order valence-electron chi connectivity index (χ1n) is 23.8. The Bertz CT molecular complexity index is 3770. The summed E-state index contributed by atoms with van der Waals surface area (Å²) in [5, 5.41) is 4.73. The van der Waals surface area contributed by atoms with Crippen molar-refractivity contribution in [2.45, 2.75) is 63.5 Å². The van der Waals surface area contributed by atoms with Gasteiger partial charge in [0.05, 0.1) is 22.2 Å². The summed E-state index contributed by atoms with van der Waals surface area (Å²) in [4.78, 5) is 77.6. The topological polar surface area (TPSA) is 175 Å². The number of carbonyl (C=O) groups excluding carboxylic acids is 6. The number of hydrogen-bond acceptors (Lipinski definition) is 10. The Morgan fingerprint density at radius 3 is 1.68 bits per heavy atom. The van der Waals surface area contributed by atoms with Gasteiger partial charge in [-0.1, -0.05) is 81.6 Å². The molecule has 2 aliphatic rings. The zero-order chi connectivity index (χ0) is 58.2. The third-order valence-corrected chi connectivity index (χ3v) is 14.2. The molecule has 23 heteroatoms. The van der Waals surface area contributed by atoms with Crippen molar-refractivity contribution in [1.82, 2.24) is 19.8 Å². The fourth-order valence-electron chi connectivity index (χ4n) is 9.07. The summed E-state index contributed by atoms with van der Waals surface area (Å²) in [6.07, 6.45) is -11.1. The molecule has 414 valence electrons. The van der Waals surface area contributed by atoms with Crippen molar-refractivity contribution in [2.75, 3.05) is 7.05 Å². The van der Waals surface area contributed by atoms with Crippen LogP contribution in [0.15, 0.2) is 133 Å². The van der Waals surface area contributed by atoms with Gasteiger partial charge in [0.1, 0.15) is 11.5 Å². The standard InChI is InChI=1S/C28H20ClF3N2O5.C17H11ClF3NO2.C12H12BrNO3/c1-15-23(24(35)17-6-8-19(29)9-7-17)21-11-10-20(38-28(30,31)32)13-22(21)34(15)14-16-4-3-5-18(12-16)27(2)25(36)33-26(37)39-27;1-9-15(16(23)10-2-4-11(18)5-3-10)13-7-6-12(8-14(13)22-9)24-17(19,20)21;1-12(10(15)14(2)11(16)17-12)9-5-3-4-8(6-9)7-13/h3-13H,14H2,1-2H3,(H,33,36,37);2-8,22H,1H3;3-6H,7H2,1-2H3/t27-;;12-/m1.1/s1. The molecule has 0 aliphatic carbocycles. The normalized spacial score (nSPS) is 17.1. The molecule has 2 aliphatic heterocycles. The Balaban J connectivity index is 0.000000174. The molecule has 0 radical (unpaired) electrons. The predicted molar refractivity (Wildman–Crippen MR) is 286 cm³/mol. The van der Waals surface area contributed by atoms with Gasteiger partial charge >= 0.3 is 24.9 Å². The Morgan fingerprint density at radius 2 is 1.16 bits per heavy atom. The van der Waals surface area contributed by atoms with E-state index >= 15 is 0 Å². The van der Waals surface area contributed by atoms with Crippen LogP contribution in [0.1, 0.15) is 79.3 Å². The molecular formula is C57H43BrCl2F6N4O10. The summed E-state index contributed by atoms with van der Waals surface area (Å²) in [7, 11) is 1.42. The van der Waals surface area contributed by atoms with Crippen molar-refractivity contribution >= 4 is 96.5 Å². The number of hydrogen-bond donors (Lipinski definition) is 2. The summed E-state index contributed by atoms with van der Waals surface area (Å²) < 4.78 is 96.0. The number of benzene rings is 6. The lowest BCUT2D eigenvalue weighted by Gasteiger charge is -2.20. The van der Waals surface area contributed by atoms with Crippen LogP contribution in [0.3, 0.4) is 0 Å². The van der Waals surface area contributed by atoms with Crippen LogP contribution in [-0.2, 0) is 42.1 Å². The first-order valence-corrected chi connectivity index (χ1v) is 25.6. The lowest BCUT2D eigenvalue weighted by atomic mass is 9.94. The number of H-pyrrole nitrogens is 1. The van der Waals surface area contributed by atoms with E-state index in [4.69, 9.17) is 32.7 Å². The van der Waals surface area contributed by atoms with E-state index in [1.807, 2.05) is 18.2 Å². The zero-order valence-electron chi connectivity index (χ0n) is 42.5. The number of rotatable bonds is 11. The molecule has 2 aromatic heterocycles. The number of ketones is 2. The van der Waals surface area contributed by atoms with E-state index in [1.54, 1.807) is 104 Å². The largest absolute Gasteiger partial charge is 0.573 e. The Morgan fingerprint density at radius 1 is 0.650 bits per heavy atom. The highest BCUT2D eigenvalue weighted by Crippen LogP contribution is 2.37. The van der Waals surface area contributed by atoms with E-state index in [-0.39, 0.29) is 29.8 Å². The number of likely N-dealkylation sites (N-methyl/N-ethyl adjacent to an activating group) is 1. The smallest absolute Gasteiger partial charge is 0.428 e. The van der Waals surface area contributed by atoms with Crippen LogP contribution in [-0.4, -0.2) is 69.8 Å². The highest BCUT2D eigenvalue weighted by molar-refractivity contribution is 9.08. The molecule has 0 spiro atoms. The Hall–Kier alpha value is -8.14. The molecule has 80 heavy (non-hydrogen) atoms. The number of carbonyl (C=O) groups is 6. The van der Waals surface area contributed by atoms with Crippen molar-refractivity contribution in [2.24, 2.45) is 0 Å². The SMILES string of the molecule is CN1C(=O)O[C@](C)(c2cccc(CBr)c2)C1=O.Cc1[nH]c2cc(OC(F)(F)F)ccc2c1C(=O)c1ccc(Cl)cc1.Cc1c(C(=O)c2ccc(Cl)cc2)c2ccc(OC(F)(F)F)cc2n1Cc1cccc([C@@]2(C)OC(=O)NC2=O)c1. The average molecular weight is 1210 g/mol. The molecule has 4 heterocycles. The van der Waals surface area contributed by atoms with Gasteiger partial charge in [0.25, 0.3) is 11.8 Å². The number of nitrogens with one attached hydrogen (secondary N) is 2. The molecule has 2 atom stereocenters. The number of fused-ring (bicyclic) bond motifs is 2. The van der Waals surface area contributed by atoms with Gasteiger partial charge < -0.3 is 28.5 Å². The summed E-state index contributed by atoms with van der Waals surface area (Å²) in [6.45, 7) is 6.60. The van der Waals surface area contributed by atoms with E-state index < -0.39 is 47.8 Å². The molecule has 2 saturated heterocycles. The second kappa shape index (κ2) is 22.5. The number of halogens is 9. The Kier molecular flexibility index (Phi) is 16.3. The minimum Gasteiger partial charge on any atom is -0.428 e. The van der Waals surface area contributed by atoms with Gasteiger partial charge in [-0.15, -0.1) is 26.3 Å². The maximum atomic E-state index is 13.5. The van der Waals surface area contributed by atoms with Crippen LogP contribution >= 0.6 is 39.1 Å². The maximum Gasteiger partial charge on any atom is 0.573 e. The molecule has 0 bridgehead atoms. The highest BCUT2D eigenvalue weighted by atomic mass is 79.9. The molecular weight excluding hydrogens is 1170 g/mol. The second-order valence-electron chi connectivity index (χ2n) is 18.5. The lowest BCUT2D eigenvalue weighted by molar-refractivity contribution is -0.275. The first kappa shape index (κ1) is 58.0. The maximum absolute atomic E-state index is 13.5. The number of alkyl halides is 7. The van der Waals surface area contributed by atoms with E-state index in [0.717, 1.165) is 16.5 Å². The van der Waals surface area contributed by atoms with Crippen LogP contribution in [0.4, 0.5) is 35.9 Å². The van der Waals surface area contributed by atoms with Gasteiger partial charge in [0.15, 0.2) is 11.6 Å². The van der Waals surface area contributed by atoms with Crippen LogP contribution in [0.5, 0.6) is 11.5 Å². The number of imide groups is 2. The van der Waals surface area contributed by atoms with Crippen molar-refractivity contribution < 1.29 is 74.1 Å². The van der Waals surface area contributed by atoms with Crippen molar-refractivity contribution in [3.05, 3.63) is 199 Å². The number of aromatic amines is 1. The fraction of sp³-hybridized carbons (Fsp3) is 0.193. The zero-order valence-corrected chi connectivity index (χ0v) is 45.6. The number of aromatic nitrogens is 2. The molecule has 14 nitrogen and oxygen atoms in total. The van der Waals surface area contributed by atoms with Gasteiger partial charge in [-0.3, -0.25) is 24.5 Å². The fourth-order valence-corrected chi connectivity index (χ4v) is 9.67. The van der Waals surface area contributed by atoms with Gasteiger partial charge in [0.2, 0.25) is 11.2 Å². The first-order chi connectivity index (χ1) is 37.6. The molecule has 8 aromatic rings. The minimum absolute atomic E-state index is 0.130. The van der Waals surface area contributed by atoms with Crippen LogP contribution in [0, 0.1) is 13.8 Å². The lowest BCUT2D eigenvalue weighted by Crippen LogP contribution is -2.34. The second-order valence-corrected chi connectivity index (χ2v) is 19.9. The van der Waals surface area contributed by atoms with Gasteiger partial charge in [-0.25, -0.2) is 14.5 Å². The van der Waals surface area contributed by atoms with Crippen molar-refractivity contribution in [3.8, 4) is 11.5 Å². The number of cyclic esters (lactones) is 2. The predicted octanol–water partition coefficient (Wildman–Crippen LogP) is 13.9. The summed E-state index contributed by atoms with van der Waals surface area (Å²) in [5.41, 5.74) is 3.38. The van der Waals surface area contributed by atoms with Crippen LogP contribution < -0.4 is 14.8 Å². The number of ether oxygens (including phenoxy) is 4. The Labute approximate surface area is 469 Å². The third-order valence-electron chi connectivity index (χ3n) is 13.1. The van der Waals surface area contributed by atoms with Crippen LogP contribution in [0.2, 0.25) is 10.0 Å². The third kappa shape index (κ3) is 12.3. The van der Waals surface area contributed by atoms with Crippen molar-refractivity contribution in [1.29, 1.82) is 0 Å². The molecule has 2 fully saturated rings. The summed E-state index contributed by atoms with van der Waals surface area (Å²) >= 11 is 15.1. The highest BCUT2D eigenvalue weighted by Gasteiger charge is 2.50. The molecule has 4 amide bonds. The number of alkyl carbamates (subject to hydrolysis) is 1. The molecule has 0 saturated carbocycles. The summed E-state index contributed by atoms with van der Waals surface area (Å²) in [6, 6.07) is 34.5. The van der Waals surface area contributed by atoms with E-state index in [0.29, 0.717) is 87.5 Å². The van der Waals surface area contributed by atoms with Gasteiger partial charge in [0, 0.05) is 85.5 Å². The van der Waals surface area contributed by atoms with Gasteiger partial charge in [-0.05, 0) is 118 Å². The van der Waals surface area contributed by atoms with E-state index in [2.05, 4.69) is 35.7 Å². The molecule has 2 N–H and O–H groups in total. The van der Waals surface area contributed by atoms with E-state index in [9.17, 15) is 55.1 Å². The monoisotopic (exact) mass is 1210 g/mol. The molecule has 6 aromatic carbocycles. The molecule has 10 rings (SSSR count). The van der Waals surface area contributed by atoms with E-state index in [1.165, 1.54) is 44.3 Å².